The number of aromatic nitrogens is 3. The molecule has 168 valence electrons. The molecule has 32 heavy (non-hydrogen) atoms. The minimum absolute atomic E-state index is 0.0164. The maximum absolute atomic E-state index is 14.5. The second-order valence-electron chi connectivity index (χ2n) is 6.82. The number of carbonyl (C=O) groups is 1. The average Bonchev–Trinajstić information content (AvgIpc) is 3.35. The highest BCUT2D eigenvalue weighted by atomic mass is 19.4. The Labute approximate surface area is 176 Å². The smallest absolute Gasteiger partial charge is 0.433 e. The first-order valence-electron chi connectivity index (χ1n) is 9.11. The Morgan fingerprint density at radius 1 is 1.19 bits per heavy atom. The molecule has 1 fully saturated rings. The van der Waals surface area contributed by atoms with E-state index in [0.717, 1.165) is 30.5 Å². The molecular formula is C19H14F5N5O3. The molecule has 0 radical (unpaired) electrons. The van der Waals surface area contributed by atoms with Crippen LogP contribution in [0.4, 0.5) is 28.0 Å². The Morgan fingerprint density at radius 2 is 1.91 bits per heavy atom. The quantitative estimate of drug-likeness (QED) is 0.570. The molecule has 1 saturated heterocycles. The van der Waals surface area contributed by atoms with Gasteiger partial charge in [-0.05, 0) is 12.1 Å². The molecule has 1 aromatic carbocycles. The first-order valence-corrected chi connectivity index (χ1v) is 9.11. The molecule has 0 unspecified atom stereocenters. The fourth-order valence-corrected chi connectivity index (χ4v) is 3.31. The molecule has 0 bridgehead atoms. The lowest BCUT2D eigenvalue weighted by atomic mass is 9.93. The number of hydrogen-bond acceptors (Lipinski definition) is 7. The highest BCUT2D eigenvalue weighted by Gasteiger charge is 2.40. The number of nitrogens with zero attached hydrogens (tertiary/aromatic N) is 3. The lowest BCUT2D eigenvalue weighted by Crippen LogP contribution is -2.33. The predicted octanol–water partition coefficient (Wildman–Crippen LogP) is 3.13. The van der Waals surface area contributed by atoms with Crippen LogP contribution in [0, 0.1) is 11.6 Å². The maximum atomic E-state index is 14.5. The number of hydrogen-bond donors (Lipinski definition) is 2. The van der Waals surface area contributed by atoms with Crippen LogP contribution >= 0.6 is 0 Å². The minimum Gasteiger partial charge on any atom is -0.497 e. The van der Waals surface area contributed by atoms with Crippen LogP contribution in [-0.2, 0) is 11.0 Å². The van der Waals surface area contributed by atoms with Gasteiger partial charge in [0.2, 0.25) is 5.91 Å². The van der Waals surface area contributed by atoms with E-state index in [4.69, 9.17) is 9.15 Å². The summed E-state index contributed by atoms with van der Waals surface area (Å²) in [5.41, 5.74) is -1.31. The highest BCUT2D eigenvalue weighted by molar-refractivity contribution is 5.88. The van der Waals surface area contributed by atoms with Crippen LogP contribution < -0.4 is 15.4 Å². The van der Waals surface area contributed by atoms with E-state index >= 15 is 0 Å². The van der Waals surface area contributed by atoms with Crippen LogP contribution in [0.5, 0.6) is 5.75 Å². The van der Waals surface area contributed by atoms with Crippen LogP contribution in [0.2, 0.25) is 0 Å². The zero-order valence-electron chi connectivity index (χ0n) is 16.2. The molecule has 1 aliphatic rings. The van der Waals surface area contributed by atoms with Crippen molar-refractivity contribution < 1.29 is 35.9 Å². The number of anilines is 1. The lowest BCUT2D eigenvalue weighted by molar-refractivity contribution is -0.141. The van der Waals surface area contributed by atoms with Crippen LogP contribution in [0.15, 0.2) is 34.9 Å². The summed E-state index contributed by atoms with van der Waals surface area (Å²) in [4.78, 5) is 15.6. The van der Waals surface area contributed by atoms with Gasteiger partial charge in [0, 0.05) is 36.4 Å². The van der Waals surface area contributed by atoms with Gasteiger partial charge in [-0.15, -0.1) is 5.10 Å². The number of nitrogens with one attached hydrogen (secondary N) is 2. The third kappa shape index (κ3) is 4.05. The molecule has 13 heteroatoms. The zero-order chi connectivity index (χ0) is 23.0. The third-order valence-corrected chi connectivity index (χ3v) is 4.84. The average molecular weight is 455 g/mol. The molecule has 1 aliphatic heterocycles. The van der Waals surface area contributed by atoms with Gasteiger partial charge in [-0.1, -0.05) is 5.10 Å². The molecular weight excluding hydrogens is 441 g/mol. The summed E-state index contributed by atoms with van der Waals surface area (Å²) in [6.45, 7) is -0.0551. The van der Waals surface area contributed by atoms with Crippen molar-refractivity contribution in [1.29, 1.82) is 0 Å². The molecule has 2 aromatic heterocycles. The largest absolute Gasteiger partial charge is 0.497 e. The van der Waals surface area contributed by atoms with Crippen molar-refractivity contribution in [2.24, 2.45) is 0 Å². The summed E-state index contributed by atoms with van der Waals surface area (Å²) < 4.78 is 77.1. The topological polar surface area (TPSA) is 102 Å². The van der Waals surface area contributed by atoms with Crippen molar-refractivity contribution in [2.75, 3.05) is 19.0 Å². The number of methoxy groups -OCH3 is 1. The molecule has 3 heterocycles. The number of benzene rings is 1. The number of rotatable bonds is 5. The number of carbonyl (C=O) groups excluding carboxylic acids is 1. The molecule has 2 atom stereocenters. The van der Waals surface area contributed by atoms with E-state index in [1.54, 1.807) is 0 Å². The summed E-state index contributed by atoms with van der Waals surface area (Å²) in [6.07, 6.45) is -3.69. The fourth-order valence-electron chi connectivity index (χ4n) is 3.31. The third-order valence-electron chi connectivity index (χ3n) is 4.84. The summed E-state index contributed by atoms with van der Waals surface area (Å²) >= 11 is 0. The number of ether oxygens (including phenoxy) is 1. The summed E-state index contributed by atoms with van der Waals surface area (Å²) in [6, 6.07) is 2.44. The van der Waals surface area contributed by atoms with E-state index in [9.17, 15) is 26.7 Å². The number of pyridine rings is 1. The van der Waals surface area contributed by atoms with Crippen molar-refractivity contribution in [3.8, 4) is 17.2 Å². The summed E-state index contributed by atoms with van der Waals surface area (Å²) in [5.74, 6) is -3.46. The number of amides is 1. The molecule has 0 spiro atoms. The highest BCUT2D eigenvalue weighted by Crippen LogP contribution is 2.33. The van der Waals surface area contributed by atoms with Crippen molar-refractivity contribution >= 4 is 11.9 Å². The van der Waals surface area contributed by atoms with E-state index in [1.165, 1.54) is 7.11 Å². The standard InChI is InChI=1S/C19H14F5N5O3/c1-31-9-4-11(20)14(12(21)5-9)10-7-26-16(30)15(10)27-18-29-28-17(32-18)8-2-3-13(25-6-8)19(22,23)24/h2-6,10,15H,7H2,1H3,(H,26,30)(H,27,29)/t10-,15-/m0/s1. The van der Waals surface area contributed by atoms with Crippen molar-refractivity contribution in [3.05, 3.63) is 53.4 Å². The van der Waals surface area contributed by atoms with Crippen molar-refractivity contribution in [1.82, 2.24) is 20.5 Å². The molecule has 3 aromatic rings. The zero-order valence-corrected chi connectivity index (χ0v) is 16.2. The number of alkyl halides is 3. The summed E-state index contributed by atoms with van der Waals surface area (Å²) in [7, 11) is 1.26. The SMILES string of the molecule is COc1cc(F)c([C@@H]2CNC(=O)[C@H]2Nc2nnc(-c3ccc(C(F)(F)F)nc3)o2)c(F)c1. The molecule has 4 rings (SSSR count). The van der Waals surface area contributed by atoms with Crippen molar-refractivity contribution in [3.63, 3.8) is 0 Å². The molecule has 2 N–H and O–H groups in total. The summed E-state index contributed by atoms with van der Waals surface area (Å²) in [5, 5.41) is 12.5. The van der Waals surface area contributed by atoms with E-state index in [-0.39, 0.29) is 35.3 Å². The second-order valence-corrected chi connectivity index (χ2v) is 6.82. The second kappa shape index (κ2) is 8.05. The first kappa shape index (κ1) is 21.5. The number of halogens is 5. The fraction of sp³-hybridized carbons (Fsp3) is 0.263. The van der Waals surface area contributed by atoms with Gasteiger partial charge in [-0.2, -0.15) is 13.2 Å². The lowest BCUT2D eigenvalue weighted by Gasteiger charge is -2.19. The Kier molecular flexibility index (Phi) is 5.40. The van der Waals surface area contributed by atoms with Gasteiger partial charge in [0.05, 0.1) is 12.7 Å². The Bertz CT molecular complexity index is 1130. The minimum atomic E-state index is -4.60. The van der Waals surface area contributed by atoms with E-state index in [0.29, 0.717) is 0 Å². The van der Waals surface area contributed by atoms with Crippen LogP contribution in [-0.4, -0.2) is 40.8 Å². The van der Waals surface area contributed by atoms with E-state index in [1.807, 2.05) is 0 Å². The maximum Gasteiger partial charge on any atom is 0.433 e. The van der Waals surface area contributed by atoms with Gasteiger partial charge < -0.3 is 19.8 Å². The van der Waals surface area contributed by atoms with Gasteiger partial charge in [0.25, 0.3) is 5.89 Å². The Balaban J connectivity index is 1.56. The molecule has 8 nitrogen and oxygen atoms in total. The van der Waals surface area contributed by atoms with Crippen LogP contribution in [0.25, 0.3) is 11.5 Å². The normalized spacial score (nSPS) is 18.5. The van der Waals surface area contributed by atoms with Gasteiger partial charge in [-0.25, -0.2) is 8.78 Å². The Hall–Kier alpha value is -3.77. The van der Waals surface area contributed by atoms with Crippen molar-refractivity contribution in [2.45, 2.75) is 18.1 Å². The van der Waals surface area contributed by atoms with Gasteiger partial charge in [0.15, 0.2) is 0 Å². The van der Waals surface area contributed by atoms with Gasteiger partial charge >= 0.3 is 12.2 Å². The van der Waals surface area contributed by atoms with Crippen LogP contribution in [0.1, 0.15) is 17.2 Å². The van der Waals surface area contributed by atoms with E-state index in [2.05, 4.69) is 25.8 Å². The monoisotopic (exact) mass is 455 g/mol. The molecule has 0 saturated carbocycles. The molecule has 1 amide bonds. The molecule has 0 aliphatic carbocycles. The van der Waals surface area contributed by atoms with Gasteiger partial charge in [-0.3, -0.25) is 9.78 Å². The van der Waals surface area contributed by atoms with Gasteiger partial charge in [0.1, 0.15) is 29.1 Å². The Morgan fingerprint density at radius 3 is 2.50 bits per heavy atom. The van der Waals surface area contributed by atoms with Crippen LogP contribution in [0.3, 0.4) is 0 Å². The van der Waals surface area contributed by atoms with E-state index < -0.39 is 41.4 Å². The first-order chi connectivity index (χ1) is 15.2. The predicted molar refractivity (Wildman–Crippen MR) is 98.6 cm³/mol.